The van der Waals surface area contributed by atoms with E-state index in [1.807, 2.05) is 0 Å². The average molecular weight is 592 g/mol. The maximum absolute atomic E-state index is 13.1. The molecule has 0 saturated carbocycles. The van der Waals surface area contributed by atoms with E-state index in [0.29, 0.717) is 37.1 Å². The molecule has 4 rings (SSSR count). The van der Waals surface area contributed by atoms with Crippen LogP contribution in [0.1, 0.15) is 11.1 Å². The zero-order valence-electron chi connectivity index (χ0n) is 18.6. The van der Waals surface area contributed by atoms with Crippen LogP contribution < -0.4 is 19.7 Å². The van der Waals surface area contributed by atoms with Crippen LogP contribution in [0.15, 0.2) is 64.6 Å². The quantitative estimate of drug-likeness (QED) is 0.281. The summed E-state index contributed by atoms with van der Waals surface area (Å²) in [5, 5.41) is 12.6. The molecule has 1 aliphatic rings. The molecule has 0 atom stereocenters. The monoisotopic (exact) mass is 590 g/mol. The van der Waals surface area contributed by atoms with Crippen molar-refractivity contribution in [1.82, 2.24) is 5.32 Å². The second kappa shape index (κ2) is 10.6. The number of methoxy groups -OCH3 is 1. The smallest absolute Gasteiger partial charge is 0.335 e. The number of ether oxygens (including phenoxy) is 2. The molecule has 0 spiro atoms. The molecule has 0 aromatic heterocycles. The van der Waals surface area contributed by atoms with Gasteiger partial charge < -0.3 is 14.6 Å². The molecule has 8 nitrogen and oxygen atoms in total. The van der Waals surface area contributed by atoms with Gasteiger partial charge in [-0.2, -0.15) is 0 Å². The number of carbonyl (C=O) groups excluding carboxylic acids is 3. The van der Waals surface area contributed by atoms with Crippen LogP contribution >= 0.6 is 39.1 Å². The Balaban J connectivity index is 1.64. The summed E-state index contributed by atoms with van der Waals surface area (Å²) < 4.78 is 11.9. The summed E-state index contributed by atoms with van der Waals surface area (Å²) in [5.74, 6) is -0.981. The van der Waals surface area contributed by atoms with Crippen molar-refractivity contribution in [1.29, 1.82) is 0 Å². The average Bonchev–Trinajstić information content (AvgIpc) is 2.83. The lowest BCUT2D eigenvalue weighted by atomic mass is 10.1. The molecule has 184 valence electrons. The molecule has 4 amide bonds. The predicted octanol–water partition coefficient (Wildman–Crippen LogP) is 5.72. The molecule has 11 heteroatoms. The molecule has 3 aromatic rings. The molecular formula is C25H17BrCl2N2O6. The number of phenols is 1. The predicted molar refractivity (Wildman–Crippen MR) is 139 cm³/mol. The largest absolute Gasteiger partial charge is 0.508 e. The van der Waals surface area contributed by atoms with E-state index in [1.54, 1.807) is 30.3 Å². The molecule has 3 aromatic carbocycles. The summed E-state index contributed by atoms with van der Waals surface area (Å²) >= 11 is 15.6. The number of barbiturate groups is 1. The number of halogens is 3. The molecule has 1 fully saturated rings. The van der Waals surface area contributed by atoms with Crippen molar-refractivity contribution in [2.75, 3.05) is 12.0 Å². The first-order valence-corrected chi connectivity index (χ1v) is 11.9. The summed E-state index contributed by atoms with van der Waals surface area (Å²) in [6, 6.07) is 12.8. The Morgan fingerprint density at radius 1 is 1.06 bits per heavy atom. The fourth-order valence-electron chi connectivity index (χ4n) is 3.41. The lowest BCUT2D eigenvalue weighted by Gasteiger charge is -2.26. The Bertz CT molecular complexity index is 1410. The fourth-order valence-corrected chi connectivity index (χ4v) is 4.45. The second-order valence-electron chi connectivity index (χ2n) is 7.53. The Morgan fingerprint density at radius 3 is 2.44 bits per heavy atom. The summed E-state index contributed by atoms with van der Waals surface area (Å²) in [5.41, 5.74) is 1.08. The molecule has 0 radical (unpaired) electrons. The van der Waals surface area contributed by atoms with Crippen LogP contribution in [0.3, 0.4) is 0 Å². The Hall–Kier alpha value is -3.53. The Labute approximate surface area is 224 Å². The third-order valence-corrected chi connectivity index (χ3v) is 6.34. The van der Waals surface area contributed by atoms with Gasteiger partial charge >= 0.3 is 6.03 Å². The van der Waals surface area contributed by atoms with Crippen molar-refractivity contribution >= 4 is 68.7 Å². The molecule has 0 unspecified atom stereocenters. The van der Waals surface area contributed by atoms with Gasteiger partial charge in [-0.25, -0.2) is 9.69 Å². The number of aromatic hydroxyl groups is 1. The highest BCUT2D eigenvalue weighted by atomic mass is 79.9. The first-order chi connectivity index (χ1) is 17.2. The van der Waals surface area contributed by atoms with E-state index < -0.39 is 17.8 Å². The van der Waals surface area contributed by atoms with Gasteiger partial charge in [-0.1, -0.05) is 29.3 Å². The minimum atomic E-state index is -0.892. The van der Waals surface area contributed by atoms with E-state index in [1.165, 1.54) is 37.5 Å². The van der Waals surface area contributed by atoms with Gasteiger partial charge in [-0.3, -0.25) is 14.9 Å². The number of nitrogens with one attached hydrogen (secondary N) is 1. The number of nitrogens with zero attached hydrogens (tertiary/aromatic N) is 1. The minimum Gasteiger partial charge on any atom is -0.508 e. The van der Waals surface area contributed by atoms with Crippen LogP contribution in [-0.4, -0.2) is 30.1 Å². The molecule has 36 heavy (non-hydrogen) atoms. The summed E-state index contributed by atoms with van der Waals surface area (Å²) in [6.45, 7) is 0.135. The van der Waals surface area contributed by atoms with Crippen molar-refractivity contribution < 1.29 is 29.0 Å². The topological polar surface area (TPSA) is 105 Å². The first kappa shape index (κ1) is 25.6. The highest BCUT2D eigenvalue weighted by molar-refractivity contribution is 9.10. The number of amides is 4. The van der Waals surface area contributed by atoms with E-state index in [9.17, 15) is 19.5 Å². The number of imide groups is 2. The number of hydrogen-bond acceptors (Lipinski definition) is 6. The first-order valence-electron chi connectivity index (χ1n) is 10.3. The number of carbonyl (C=O) groups is 3. The van der Waals surface area contributed by atoms with Crippen LogP contribution in [0.2, 0.25) is 10.0 Å². The number of anilines is 1. The van der Waals surface area contributed by atoms with Crippen LogP contribution in [0.5, 0.6) is 17.2 Å². The van der Waals surface area contributed by atoms with Gasteiger partial charge in [0.25, 0.3) is 11.8 Å². The van der Waals surface area contributed by atoms with Gasteiger partial charge in [0.15, 0.2) is 11.5 Å². The third-order valence-electron chi connectivity index (χ3n) is 5.16. The van der Waals surface area contributed by atoms with E-state index in [4.69, 9.17) is 32.7 Å². The van der Waals surface area contributed by atoms with Gasteiger partial charge in [0, 0.05) is 15.6 Å². The normalized spacial score (nSPS) is 14.7. The summed E-state index contributed by atoms with van der Waals surface area (Å²) in [6.07, 6.45) is 1.34. The van der Waals surface area contributed by atoms with Crippen molar-refractivity contribution in [2.24, 2.45) is 0 Å². The van der Waals surface area contributed by atoms with Crippen molar-refractivity contribution in [3.8, 4) is 17.2 Å². The van der Waals surface area contributed by atoms with Crippen molar-refractivity contribution in [3.63, 3.8) is 0 Å². The van der Waals surface area contributed by atoms with Gasteiger partial charge in [0.2, 0.25) is 0 Å². The van der Waals surface area contributed by atoms with Crippen LogP contribution in [-0.2, 0) is 16.2 Å². The standard InChI is InChI=1S/C25H17BrCl2N2O6/c1-35-21-10-13(9-19(26)22(21)36-12-14-2-3-15(27)11-20(14)28)8-18-23(32)29-25(34)30(24(18)33)16-4-6-17(31)7-5-16/h2-11,31H,12H2,1H3,(H,29,32,34)/b18-8+. The number of hydrogen-bond donors (Lipinski definition) is 2. The fraction of sp³-hybridized carbons (Fsp3) is 0.0800. The lowest BCUT2D eigenvalue weighted by molar-refractivity contribution is -0.122. The minimum absolute atomic E-state index is 0.0342. The number of rotatable bonds is 6. The number of phenolic OH excluding ortho intramolecular Hbond substituents is 1. The van der Waals surface area contributed by atoms with Gasteiger partial charge in [-0.15, -0.1) is 0 Å². The molecule has 1 aliphatic heterocycles. The van der Waals surface area contributed by atoms with Crippen molar-refractivity contribution in [3.05, 3.63) is 85.8 Å². The molecular weight excluding hydrogens is 575 g/mol. The van der Waals surface area contributed by atoms with Crippen molar-refractivity contribution in [2.45, 2.75) is 6.61 Å². The van der Waals surface area contributed by atoms with Gasteiger partial charge in [-0.05, 0) is 76.1 Å². The highest BCUT2D eigenvalue weighted by Crippen LogP contribution is 2.38. The van der Waals surface area contributed by atoms with Gasteiger partial charge in [0.1, 0.15) is 17.9 Å². The maximum Gasteiger partial charge on any atom is 0.335 e. The molecule has 1 heterocycles. The van der Waals surface area contributed by atoms with Crippen LogP contribution in [0.25, 0.3) is 6.08 Å². The molecule has 0 bridgehead atoms. The number of urea groups is 1. The SMILES string of the molecule is COc1cc(/C=C2\C(=O)NC(=O)N(c3ccc(O)cc3)C2=O)cc(Br)c1OCc1ccc(Cl)cc1Cl. The maximum atomic E-state index is 13.1. The van der Waals surface area contributed by atoms with E-state index in [-0.39, 0.29) is 23.6 Å². The summed E-state index contributed by atoms with van der Waals surface area (Å²) in [4.78, 5) is 38.7. The lowest BCUT2D eigenvalue weighted by Crippen LogP contribution is -2.54. The zero-order chi connectivity index (χ0) is 26.0. The zero-order valence-corrected chi connectivity index (χ0v) is 21.6. The van der Waals surface area contributed by atoms with E-state index in [0.717, 1.165) is 4.90 Å². The van der Waals surface area contributed by atoms with Gasteiger partial charge in [0.05, 0.1) is 17.3 Å². The van der Waals surface area contributed by atoms with E-state index in [2.05, 4.69) is 21.2 Å². The molecule has 2 N–H and O–H groups in total. The Morgan fingerprint density at radius 2 is 1.78 bits per heavy atom. The Kier molecular flexibility index (Phi) is 7.53. The van der Waals surface area contributed by atoms with E-state index >= 15 is 0 Å². The molecule has 1 saturated heterocycles. The van der Waals surface area contributed by atoms with Crippen LogP contribution in [0, 0.1) is 0 Å². The second-order valence-corrected chi connectivity index (χ2v) is 9.23. The van der Waals surface area contributed by atoms with Crippen LogP contribution in [0.4, 0.5) is 10.5 Å². The summed E-state index contributed by atoms with van der Waals surface area (Å²) in [7, 11) is 1.45. The third kappa shape index (κ3) is 5.33. The number of benzene rings is 3. The molecule has 0 aliphatic carbocycles. The highest BCUT2D eigenvalue weighted by Gasteiger charge is 2.36.